The van der Waals surface area contributed by atoms with Gasteiger partial charge in [0.05, 0.1) is 32.4 Å². The molecule has 9 heteroatoms. The van der Waals surface area contributed by atoms with Crippen LogP contribution in [0.15, 0.2) is 41.4 Å². The number of carbonyl (C=O) groups excluding carboxylic acids is 2. The summed E-state index contributed by atoms with van der Waals surface area (Å²) in [5, 5.41) is 5.35. The van der Waals surface area contributed by atoms with Gasteiger partial charge in [-0.25, -0.2) is 10.0 Å². The van der Waals surface area contributed by atoms with Crippen molar-refractivity contribution in [3.05, 3.63) is 51.5 Å². The van der Waals surface area contributed by atoms with E-state index in [1.807, 2.05) is 0 Å². The maximum Gasteiger partial charge on any atom is 0.256 e. The van der Waals surface area contributed by atoms with Crippen LogP contribution in [0.4, 0.5) is 17.1 Å². The van der Waals surface area contributed by atoms with Crippen molar-refractivity contribution in [3.8, 4) is 0 Å². The first kappa shape index (κ1) is 27.3. The lowest BCUT2D eigenvalue weighted by Crippen LogP contribution is -2.35. The molecular weight excluding hydrogens is 507 g/mol. The van der Waals surface area contributed by atoms with Gasteiger partial charge in [-0.15, -0.1) is 0 Å². The van der Waals surface area contributed by atoms with Crippen molar-refractivity contribution >= 4 is 69.5 Å². The fourth-order valence-electron chi connectivity index (χ4n) is 3.78. The first-order chi connectivity index (χ1) is 16.8. The van der Waals surface area contributed by atoms with Gasteiger partial charge in [-0.1, -0.05) is 80.3 Å². The van der Waals surface area contributed by atoms with Gasteiger partial charge in [-0.3, -0.25) is 15.0 Å². The van der Waals surface area contributed by atoms with Crippen LogP contribution >= 0.6 is 34.8 Å². The van der Waals surface area contributed by atoms with Crippen LogP contribution in [-0.4, -0.2) is 17.6 Å². The minimum absolute atomic E-state index is 0.00299. The molecule has 2 aromatic rings. The van der Waals surface area contributed by atoms with Crippen LogP contribution in [0.25, 0.3) is 0 Å². The third kappa shape index (κ3) is 7.60. The summed E-state index contributed by atoms with van der Waals surface area (Å²) in [5.74, 6) is -0.205. The molecule has 0 aromatic heterocycles. The van der Waals surface area contributed by atoms with Crippen molar-refractivity contribution in [2.45, 2.75) is 65.2 Å². The third-order valence-corrected chi connectivity index (χ3v) is 6.90. The molecule has 188 valence electrons. The van der Waals surface area contributed by atoms with Crippen molar-refractivity contribution in [1.29, 1.82) is 0 Å². The van der Waals surface area contributed by atoms with E-state index in [9.17, 15) is 9.59 Å². The first-order valence-corrected chi connectivity index (χ1v) is 13.2. The molecule has 1 aliphatic heterocycles. The number of nitrogens with zero attached hydrogens (tertiary/aromatic N) is 2. The molecule has 1 aliphatic rings. The van der Waals surface area contributed by atoms with E-state index in [4.69, 9.17) is 34.8 Å². The molecule has 1 unspecified atom stereocenters. The quantitative estimate of drug-likeness (QED) is 0.226. The molecule has 2 aromatic carbocycles. The summed E-state index contributed by atoms with van der Waals surface area (Å²) in [6, 6.07) is 10.2. The number of amidine groups is 1. The Morgan fingerprint density at radius 1 is 0.971 bits per heavy atom. The number of hydrogen-bond donors (Lipinski definition) is 2. The number of rotatable bonds is 11. The van der Waals surface area contributed by atoms with Crippen LogP contribution in [0.2, 0.25) is 15.1 Å². The van der Waals surface area contributed by atoms with E-state index in [1.54, 1.807) is 37.3 Å². The lowest BCUT2D eigenvalue weighted by molar-refractivity contribution is -0.119. The van der Waals surface area contributed by atoms with Gasteiger partial charge >= 0.3 is 0 Å². The van der Waals surface area contributed by atoms with Crippen molar-refractivity contribution in [2.75, 3.05) is 10.3 Å². The standard InChI is InChI=1S/C26H31Cl3N4O2/c1-3-4-5-6-7-8-9-10-24(34)30-18-11-13-19(14-12-18)33-26(35)17(2)25(32-33)31-23-16-21(28)20(27)15-22(23)29/h11-17H,3-10H2,1-2H3,(H,30,34)(H,31,32). The Hall–Kier alpha value is -2.28. The van der Waals surface area contributed by atoms with Crippen LogP contribution in [0, 0.1) is 5.92 Å². The van der Waals surface area contributed by atoms with E-state index >= 15 is 0 Å². The lowest BCUT2D eigenvalue weighted by atomic mass is 10.1. The van der Waals surface area contributed by atoms with Gasteiger partial charge in [0.2, 0.25) is 5.91 Å². The molecule has 0 spiro atoms. The van der Waals surface area contributed by atoms with Crippen LogP contribution in [0.5, 0.6) is 0 Å². The van der Waals surface area contributed by atoms with Crippen molar-refractivity contribution in [1.82, 2.24) is 5.43 Å². The predicted molar refractivity (Wildman–Crippen MR) is 146 cm³/mol. The highest BCUT2D eigenvalue weighted by Gasteiger charge is 2.35. The van der Waals surface area contributed by atoms with Crippen LogP contribution < -0.4 is 15.8 Å². The number of benzene rings is 2. The normalized spacial score (nSPS) is 16.6. The molecule has 1 heterocycles. The Bertz CT molecular complexity index is 1070. The van der Waals surface area contributed by atoms with Gasteiger partial charge in [0.1, 0.15) is 5.84 Å². The second-order valence-corrected chi connectivity index (χ2v) is 9.91. The number of hydrogen-bond acceptors (Lipinski definition) is 3. The number of amides is 2. The minimum Gasteiger partial charge on any atom is -0.326 e. The number of hydrazine groups is 1. The number of nitrogens with one attached hydrogen (secondary N) is 2. The van der Waals surface area contributed by atoms with Crippen molar-refractivity contribution in [2.24, 2.45) is 10.9 Å². The molecular formula is C26H31Cl3N4O2. The number of unbranched alkanes of at least 4 members (excludes halogenated alkanes) is 6. The Morgan fingerprint density at radius 3 is 2.29 bits per heavy atom. The fraction of sp³-hybridized carbons (Fsp3) is 0.423. The molecule has 35 heavy (non-hydrogen) atoms. The lowest BCUT2D eigenvalue weighted by Gasteiger charge is -2.16. The predicted octanol–water partition coefficient (Wildman–Crippen LogP) is 7.94. The largest absolute Gasteiger partial charge is 0.326 e. The van der Waals surface area contributed by atoms with Gasteiger partial charge < -0.3 is 5.32 Å². The Labute approximate surface area is 222 Å². The molecule has 2 amide bonds. The van der Waals surface area contributed by atoms with Crippen LogP contribution in [0.3, 0.4) is 0 Å². The highest BCUT2D eigenvalue weighted by atomic mass is 35.5. The highest BCUT2D eigenvalue weighted by Crippen LogP contribution is 2.35. The van der Waals surface area contributed by atoms with E-state index in [0.29, 0.717) is 44.4 Å². The van der Waals surface area contributed by atoms with E-state index in [2.05, 4.69) is 22.7 Å². The molecule has 2 N–H and O–H groups in total. The zero-order valence-corrected chi connectivity index (χ0v) is 22.3. The molecule has 0 aliphatic carbocycles. The maximum absolute atomic E-state index is 12.8. The fourth-order valence-corrected chi connectivity index (χ4v) is 4.36. The van der Waals surface area contributed by atoms with Gasteiger partial charge in [-0.05, 0) is 49.7 Å². The first-order valence-electron chi connectivity index (χ1n) is 12.0. The number of anilines is 2. The van der Waals surface area contributed by atoms with E-state index < -0.39 is 5.92 Å². The van der Waals surface area contributed by atoms with E-state index in [0.717, 1.165) is 12.8 Å². The Morgan fingerprint density at radius 2 is 1.60 bits per heavy atom. The van der Waals surface area contributed by atoms with Crippen LogP contribution in [-0.2, 0) is 9.59 Å². The topological polar surface area (TPSA) is 73.8 Å². The number of halogens is 3. The van der Waals surface area contributed by atoms with Gasteiger partial charge in [0, 0.05) is 12.1 Å². The summed E-state index contributed by atoms with van der Waals surface area (Å²) in [7, 11) is 0. The number of aliphatic imine (C=N–C) groups is 1. The molecule has 6 nitrogen and oxygen atoms in total. The molecule has 1 atom stereocenters. The average Bonchev–Trinajstić information content (AvgIpc) is 3.11. The smallest absolute Gasteiger partial charge is 0.256 e. The monoisotopic (exact) mass is 536 g/mol. The molecule has 0 radical (unpaired) electrons. The maximum atomic E-state index is 12.8. The Balaban J connectivity index is 1.56. The number of carbonyl (C=O) groups is 2. The second kappa shape index (κ2) is 13.1. The van der Waals surface area contributed by atoms with Gasteiger partial charge in [-0.2, -0.15) is 0 Å². The molecule has 0 bridgehead atoms. The van der Waals surface area contributed by atoms with Crippen LogP contribution in [0.1, 0.15) is 65.2 Å². The molecule has 0 saturated carbocycles. The van der Waals surface area contributed by atoms with Crippen molar-refractivity contribution in [3.63, 3.8) is 0 Å². The van der Waals surface area contributed by atoms with Crippen molar-refractivity contribution < 1.29 is 9.59 Å². The average molecular weight is 538 g/mol. The third-order valence-electron chi connectivity index (χ3n) is 5.87. The molecule has 1 saturated heterocycles. The Kier molecular flexibility index (Phi) is 10.3. The zero-order chi connectivity index (χ0) is 25.4. The van der Waals surface area contributed by atoms with E-state index in [1.165, 1.54) is 43.2 Å². The summed E-state index contributed by atoms with van der Waals surface area (Å²) < 4.78 is 0. The van der Waals surface area contributed by atoms with Gasteiger partial charge in [0.25, 0.3) is 5.91 Å². The minimum atomic E-state index is -0.498. The molecule has 3 rings (SSSR count). The molecule has 1 fully saturated rings. The SMILES string of the molecule is CCCCCCCCCC(=O)Nc1ccc(N2NC(=Nc3cc(Cl)c(Cl)cc3Cl)C(C)C2=O)cc1. The summed E-state index contributed by atoms with van der Waals surface area (Å²) in [4.78, 5) is 29.6. The summed E-state index contributed by atoms with van der Waals surface area (Å²) in [6.45, 7) is 3.97. The van der Waals surface area contributed by atoms with E-state index in [-0.39, 0.29) is 11.8 Å². The van der Waals surface area contributed by atoms with Gasteiger partial charge in [0.15, 0.2) is 0 Å². The second-order valence-electron chi connectivity index (χ2n) is 8.69. The zero-order valence-electron chi connectivity index (χ0n) is 20.0. The highest BCUT2D eigenvalue weighted by molar-refractivity contribution is 6.44. The summed E-state index contributed by atoms with van der Waals surface area (Å²) in [6.07, 6.45) is 8.71. The summed E-state index contributed by atoms with van der Waals surface area (Å²) in [5.41, 5.74) is 4.79. The summed E-state index contributed by atoms with van der Waals surface area (Å²) >= 11 is 18.3.